The quantitative estimate of drug-likeness (QED) is 0.429. The minimum Gasteiger partial charge on any atom is -0.259 e. The summed E-state index contributed by atoms with van der Waals surface area (Å²) in [5, 5.41) is 31.4. The number of rotatable bonds is 5. The molecule has 0 radical (unpaired) electrons. The molecule has 9 heteroatoms. The van der Waals surface area contributed by atoms with Gasteiger partial charge < -0.3 is 0 Å². The number of nitro benzene ring substituents is 1. The van der Waals surface area contributed by atoms with E-state index in [1.807, 2.05) is 0 Å². The highest BCUT2D eigenvalue weighted by atomic mass is 16.7. The molecule has 0 heterocycles. The van der Waals surface area contributed by atoms with Gasteiger partial charge in [-0.2, -0.15) is 0 Å². The second-order valence-corrected chi connectivity index (χ2v) is 3.14. The first-order chi connectivity index (χ1) is 7.93. The fraction of sp³-hybridized carbons (Fsp3) is 0.250. The molecular formula is C8H7N3O6. The number of nitrogens with zero attached hydrogens (tertiary/aromatic N) is 3. The second-order valence-electron chi connectivity index (χ2n) is 3.14. The molecule has 0 atom stereocenters. The van der Waals surface area contributed by atoms with Crippen LogP contribution in [0.3, 0.4) is 0 Å². The normalized spacial score (nSPS) is 10.2. The minimum atomic E-state index is -2.07. The molecule has 17 heavy (non-hydrogen) atoms. The van der Waals surface area contributed by atoms with Gasteiger partial charge >= 0.3 is 6.17 Å². The van der Waals surface area contributed by atoms with E-state index in [4.69, 9.17) is 0 Å². The van der Waals surface area contributed by atoms with E-state index < -0.39 is 27.4 Å². The number of hydrogen-bond donors (Lipinski definition) is 0. The van der Waals surface area contributed by atoms with Gasteiger partial charge in [0.25, 0.3) is 5.69 Å². The largest absolute Gasteiger partial charge is 0.454 e. The highest BCUT2D eigenvalue weighted by molar-refractivity contribution is 5.39. The molecule has 0 saturated carbocycles. The van der Waals surface area contributed by atoms with Crippen molar-refractivity contribution in [3.8, 4) is 0 Å². The van der Waals surface area contributed by atoms with Crippen LogP contribution in [0.2, 0.25) is 0 Å². The third-order valence-electron chi connectivity index (χ3n) is 2.08. The predicted molar refractivity (Wildman–Crippen MR) is 54.6 cm³/mol. The van der Waals surface area contributed by atoms with Crippen molar-refractivity contribution in [2.24, 2.45) is 0 Å². The Bertz CT molecular complexity index is 460. The van der Waals surface area contributed by atoms with Crippen LogP contribution in [0.15, 0.2) is 24.3 Å². The predicted octanol–water partition coefficient (Wildman–Crippen LogP) is 1.02. The van der Waals surface area contributed by atoms with Gasteiger partial charge in [-0.25, -0.2) is 0 Å². The number of hydrogen-bond acceptors (Lipinski definition) is 6. The number of para-hydroxylation sites is 1. The van der Waals surface area contributed by atoms with Gasteiger partial charge in [0, 0.05) is 11.6 Å². The molecule has 0 saturated heterocycles. The van der Waals surface area contributed by atoms with Gasteiger partial charge in [-0.3, -0.25) is 30.3 Å². The van der Waals surface area contributed by atoms with E-state index >= 15 is 0 Å². The molecule has 1 aromatic rings. The van der Waals surface area contributed by atoms with Crippen LogP contribution in [0.5, 0.6) is 0 Å². The van der Waals surface area contributed by atoms with E-state index in [0.29, 0.717) is 0 Å². The Morgan fingerprint density at radius 2 is 1.53 bits per heavy atom. The Labute approximate surface area is 94.1 Å². The van der Waals surface area contributed by atoms with Gasteiger partial charge in [-0.1, -0.05) is 18.2 Å². The number of benzene rings is 1. The molecule has 0 spiro atoms. The highest BCUT2D eigenvalue weighted by Crippen LogP contribution is 2.19. The summed E-state index contributed by atoms with van der Waals surface area (Å²) in [7, 11) is 0. The average Bonchev–Trinajstić information content (AvgIpc) is 2.25. The Morgan fingerprint density at radius 1 is 1.00 bits per heavy atom. The Hall–Kier alpha value is -2.58. The fourth-order valence-corrected chi connectivity index (χ4v) is 1.28. The van der Waals surface area contributed by atoms with Crippen LogP contribution in [0.1, 0.15) is 5.56 Å². The lowest BCUT2D eigenvalue weighted by molar-refractivity contribution is -0.741. The minimum absolute atomic E-state index is 0.0316. The summed E-state index contributed by atoms with van der Waals surface area (Å²) in [5.74, 6) is 0. The van der Waals surface area contributed by atoms with Crippen LogP contribution >= 0.6 is 0 Å². The number of nitro groups is 3. The maximum absolute atomic E-state index is 10.6. The van der Waals surface area contributed by atoms with Crippen molar-refractivity contribution in [2.75, 3.05) is 0 Å². The van der Waals surface area contributed by atoms with Crippen molar-refractivity contribution >= 4 is 5.69 Å². The molecule has 90 valence electrons. The third kappa shape index (κ3) is 2.93. The Balaban J connectivity index is 3.05. The fourth-order valence-electron chi connectivity index (χ4n) is 1.28. The lowest BCUT2D eigenvalue weighted by Crippen LogP contribution is -2.31. The second kappa shape index (κ2) is 4.96. The zero-order chi connectivity index (χ0) is 13.0. The first-order valence-electron chi connectivity index (χ1n) is 4.42. The molecule has 0 aromatic heterocycles. The molecule has 0 aliphatic heterocycles. The monoisotopic (exact) mass is 241 g/mol. The maximum atomic E-state index is 10.6. The highest BCUT2D eigenvalue weighted by Gasteiger charge is 2.34. The van der Waals surface area contributed by atoms with Gasteiger partial charge in [0.15, 0.2) is 0 Å². The molecular weight excluding hydrogens is 234 g/mol. The van der Waals surface area contributed by atoms with E-state index in [2.05, 4.69) is 0 Å². The molecule has 0 unspecified atom stereocenters. The summed E-state index contributed by atoms with van der Waals surface area (Å²) in [5.41, 5.74) is -0.392. The van der Waals surface area contributed by atoms with Gasteiger partial charge in [0.1, 0.15) is 6.42 Å². The van der Waals surface area contributed by atoms with Crippen LogP contribution < -0.4 is 0 Å². The Kier molecular flexibility index (Phi) is 3.65. The summed E-state index contributed by atoms with van der Waals surface area (Å²) >= 11 is 0. The molecule has 0 aliphatic rings. The lowest BCUT2D eigenvalue weighted by Gasteiger charge is -2.03. The summed E-state index contributed by atoms with van der Waals surface area (Å²) in [4.78, 5) is 28.6. The smallest absolute Gasteiger partial charge is 0.259 e. The van der Waals surface area contributed by atoms with Gasteiger partial charge in [0.2, 0.25) is 0 Å². The van der Waals surface area contributed by atoms with E-state index in [-0.39, 0.29) is 11.3 Å². The summed E-state index contributed by atoms with van der Waals surface area (Å²) in [6, 6.07) is 5.22. The van der Waals surface area contributed by atoms with Crippen molar-refractivity contribution in [3.63, 3.8) is 0 Å². The molecule has 9 nitrogen and oxygen atoms in total. The van der Waals surface area contributed by atoms with Crippen LogP contribution in [-0.4, -0.2) is 20.9 Å². The van der Waals surface area contributed by atoms with E-state index in [0.717, 1.165) is 6.07 Å². The van der Waals surface area contributed by atoms with E-state index in [9.17, 15) is 30.3 Å². The summed E-state index contributed by atoms with van der Waals surface area (Å²) in [6.45, 7) is 0. The standard InChI is InChI=1S/C8H7N3O6/c12-9(13)7-4-2-1-3-6(7)5-8(10(14)15)11(16)17/h1-4,8H,5H2. The van der Waals surface area contributed by atoms with E-state index in [1.54, 1.807) is 0 Å². The van der Waals surface area contributed by atoms with Crippen molar-refractivity contribution in [1.29, 1.82) is 0 Å². The van der Waals surface area contributed by atoms with Crippen LogP contribution in [0.25, 0.3) is 0 Å². The summed E-state index contributed by atoms with van der Waals surface area (Å²) < 4.78 is 0. The van der Waals surface area contributed by atoms with Gasteiger partial charge in [-0.15, -0.1) is 0 Å². The van der Waals surface area contributed by atoms with Crippen molar-refractivity contribution in [1.82, 2.24) is 0 Å². The van der Waals surface area contributed by atoms with Crippen LogP contribution in [-0.2, 0) is 6.42 Å². The van der Waals surface area contributed by atoms with E-state index in [1.165, 1.54) is 18.2 Å². The van der Waals surface area contributed by atoms with Crippen molar-refractivity contribution in [3.05, 3.63) is 60.2 Å². The topological polar surface area (TPSA) is 129 Å². The lowest BCUT2D eigenvalue weighted by atomic mass is 10.1. The van der Waals surface area contributed by atoms with Gasteiger partial charge in [-0.05, 0) is 0 Å². The molecule has 0 amide bonds. The van der Waals surface area contributed by atoms with Crippen LogP contribution in [0.4, 0.5) is 5.69 Å². The molecule has 1 rings (SSSR count). The van der Waals surface area contributed by atoms with Gasteiger partial charge in [0.05, 0.1) is 14.8 Å². The molecule has 0 bridgehead atoms. The Morgan fingerprint density at radius 3 is 2.00 bits per heavy atom. The molecule has 0 fully saturated rings. The zero-order valence-corrected chi connectivity index (χ0v) is 8.38. The first kappa shape index (κ1) is 12.5. The summed E-state index contributed by atoms with van der Waals surface area (Å²) in [6.07, 6.45) is -2.69. The molecule has 0 aliphatic carbocycles. The third-order valence-corrected chi connectivity index (χ3v) is 2.08. The molecule has 1 aromatic carbocycles. The maximum Gasteiger partial charge on any atom is 0.454 e. The SMILES string of the molecule is O=[N+]([O-])c1ccccc1CC([N+](=O)[O-])[N+](=O)[O-]. The van der Waals surface area contributed by atoms with Crippen molar-refractivity contribution in [2.45, 2.75) is 12.6 Å². The van der Waals surface area contributed by atoms with Crippen LogP contribution in [0, 0.1) is 30.3 Å². The van der Waals surface area contributed by atoms with Crippen molar-refractivity contribution < 1.29 is 14.8 Å². The first-order valence-corrected chi connectivity index (χ1v) is 4.42. The molecule has 0 N–H and O–H groups in total. The average molecular weight is 241 g/mol. The zero-order valence-electron chi connectivity index (χ0n) is 8.38.